The molecule has 3 heterocycles. The summed E-state index contributed by atoms with van der Waals surface area (Å²) in [5.74, 6) is -0.174. The number of nitrogens with zero attached hydrogens (tertiary/aromatic N) is 4. The predicted molar refractivity (Wildman–Crippen MR) is 124 cm³/mol. The van der Waals surface area contributed by atoms with Crippen LogP contribution < -0.4 is 5.73 Å². The van der Waals surface area contributed by atoms with Crippen molar-refractivity contribution in [1.82, 2.24) is 19.4 Å². The third kappa shape index (κ3) is 4.49. The molecule has 33 heavy (non-hydrogen) atoms. The van der Waals surface area contributed by atoms with Crippen molar-refractivity contribution in [3.05, 3.63) is 76.9 Å². The first-order valence-electron chi connectivity index (χ1n) is 10.6. The van der Waals surface area contributed by atoms with Crippen molar-refractivity contribution in [1.29, 1.82) is 0 Å². The fourth-order valence-electron chi connectivity index (χ4n) is 4.00. The molecule has 1 aliphatic rings. The Kier molecular flexibility index (Phi) is 5.63. The van der Waals surface area contributed by atoms with E-state index in [9.17, 15) is 13.6 Å². The number of hydrogen-bond donors (Lipinski definition) is 1. The van der Waals surface area contributed by atoms with Gasteiger partial charge in [-0.2, -0.15) is 0 Å². The summed E-state index contributed by atoms with van der Waals surface area (Å²) in [4.78, 5) is 25.2. The number of thiazole rings is 1. The molecule has 2 aromatic heterocycles. The number of halogens is 2. The van der Waals surface area contributed by atoms with E-state index in [0.29, 0.717) is 41.7 Å². The third-order valence-corrected chi connectivity index (χ3v) is 6.69. The minimum Gasteiger partial charge on any atom is -0.375 e. The smallest absolute Gasteiger partial charge is 0.242 e. The molecule has 2 aromatic carbocycles. The maximum absolute atomic E-state index is 13.5. The zero-order valence-electron chi connectivity index (χ0n) is 17.7. The van der Waals surface area contributed by atoms with Crippen molar-refractivity contribution in [2.75, 3.05) is 18.8 Å². The molecular formula is C24H21F2N5OS. The zero-order chi connectivity index (χ0) is 22.9. The van der Waals surface area contributed by atoms with Crippen molar-refractivity contribution in [2.24, 2.45) is 0 Å². The fourth-order valence-corrected chi connectivity index (χ4v) is 4.87. The number of nitrogen functional groups attached to an aromatic ring is 1. The molecule has 0 spiro atoms. The quantitative estimate of drug-likeness (QED) is 0.491. The number of nitrogens with two attached hydrogens (primary N) is 1. The van der Waals surface area contributed by atoms with Crippen LogP contribution in [0.5, 0.6) is 0 Å². The number of carbonyl (C=O) groups is 1. The van der Waals surface area contributed by atoms with Crippen molar-refractivity contribution in [3.8, 4) is 22.6 Å². The van der Waals surface area contributed by atoms with Gasteiger partial charge in [-0.05, 0) is 48.5 Å². The summed E-state index contributed by atoms with van der Waals surface area (Å²) in [6.45, 7) is 1.25. The Hall–Kier alpha value is -3.59. The minimum atomic E-state index is -0.349. The summed E-state index contributed by atoms with van der Waals surface area (Å²) in [5, 5.41) is 0.565. The van der Waals surface area contributed by atoms with Gasteiger partial charge in [-0.1, -0.05) is 0 Å². The van der Waals surface area contributed by atoms with Gasteiger partial charge in [0.1, 0.15) is 24.0 Å². The molecule has 0 atom stereocenters. The van der Waals surface area contributed by atoms with Gasteiger partial charge in [0, 0.05) is 48.1 Å². The molecule has 4 aromatic rings. The van der Waals surface area contributed by atoms with Crippen LogP contribution in [-0.4, -0.2) is 38.4 Å². The van der Waals surface area contributed by atoms with E-state index in [4.69, 9.17) is 5.73 Å². The first-order chi connectivity index (χ1) is 16.0. The molecule has 6 nitrogen and oxygen atoms in total. The molecule has 1 amide bonds. The van der Waals surface area contributed by atoms with Gasteiger partial charge in [0.15, 0.2) is 5.13 Å². The average Bonchev–Trinajstić information content (AvgIpc) is 3.32. The predicted octanol–water partition coefficient (Wildman–Crippen LogP) is 4.16. The van der Waals surface area contributed by atoms with Crippen molar-refractivity contribution < 1.29 is 13.6 Å². The number of amides is 1. The Bertz CT molecular complexity index is 1270. The summed E-state index contributed by atoms with van der Waals surface area (Å²) < 4.78 is 28.6. The Balaban J connectivity index is 1.42. The summed E-state index contributed by atoms with van der Waals surface area (Å²) >= 11 is 1.48. The highest BCUT2D eigenvalue weighted by atomic mass is 32.1. The molecule has 0 saturated carbocycles. The van der Waals surface area contributed by atoms with Gasteiger partial charge in [-0.25, -0.2) is 18.7 Å². The van der Waals surface area contributed by atoms with Gasteiger partial charge in [-0.15, -0.1) is 11.3 Å². The maximum Gasteiger partial charge on any atom is 0.242 e. The Morgan fingerprint density at radius 1 is 0.939 bits per heavy atom. The molecule has 1 aliphatic heterocycles. The van der Waals surface area contributed by atoms with Crippen molar-refractivity contribution in [3.63, 3.8) is 0 Å². The standard InChI is InChI=1S/C24H21F2N5OS/c25-17-5-1-15(2-6-17)20-13-31(23(28-20)16-3-7-18(26)8-4-16)14-22(32)30-11-9-19-21(10-12-30)33-24(27)29-19/h1-8,13H,9-12,14H2,(H2,27,29). The van der Waals surface area contributed by atoms with Gasteiger partial charge in [-0.3, -0.25) is 4.79 Å². The fraction of sp³-hybridized carbons (Fsp3) is 0.208. The lowest BCUT2D eigenvalue weighted by Gasteiger charge is -2.21. The number of benzene rings is 2. The van der Waals surface area contributed by atoms with Gasteiger partial charge in [0.05, 0.1) is 11.4 Å². The normalized spacial score (nSPS) is 13.6. The number of rotatable bonds is 4. The van der Waals surface area contributed by atoms with Gasteiger partial charge >= 0.3 is 0 Å². The first-order valence-corrected chi connectivity index (χ1v) is 11.4. The molecule has 0 saturated heterocycles. The highest BCUT2D eigenvalue weighted by Crippen LogP contribution is 2.27. The number of anilines is 1. The molecule has 168 valence electrons. The van der Waals surface area contributed by atoms with Crippen LogP contribution in [0, 0.1) is 11.6 Å². The van der Waals surface area contributed by atoms with Crippen LogP contribution in [0.4, 0.5) is 13.9 Å². The lowest BCUT2D eigenvalue weighted by Crippen LogP contribution is -2.35. The van der Waals surface area contributed by atoms with Crippen LogP contribution in [0.15, 0.2) is 54.7 Å². The Morgan fingerprint density at radius 3 is 2.27 bits per heavy atom. The summed E-state index contributed by atoms with van der Waals surface area (Å²) in [7, 11) is 0. The molecular weight excluding hydrogens is 444 g/mol. The molecule has 0 fully saturated rings. The Morgan fingerprint density at radius 2 is 1.58 bits per heavy atom. The number of hydrogen-bond acceptors (Lipinski definition) is 5. The number of aromatic nitrogens is 3. The van der Waals surface area contributed by atoms with Crippen LogP contribution in [-0.2, 0) is 24.2 Å². The van der Waals surface area contributed by atoms with E-state index in [1.54, 1.807) is 35.0 Å². The molecule has 2 N–H and O–H groups in total. The topological polar surface area (TPSA) is 77.0 Å². The molecule has 9 heteroatoms. The first kappa shape index (κ1) is 21.3. The SMILES string of the molecule is Nc1nc2c(s1)CCN(C(=O)Cn1cc(-c3ccc(F)cc3)nc1-c1ccc(F)cc1)CC2. The van der Waals surface area contributed by atoms with Crippen LogP contribution in [0.25, 0.3) is 22.6 Å². The highest BCUT2D eigenvalue weighted by molar-refractivity contribution is 7.15. The lowest BCUT2D eigenvalue weighted by atomic mass is 10.2. The van der Waals surface area contributed by atoms with Gasteiger partial charge in [0.25, 0.3) is 0 Å². The van der Waals surface area contributed by atoms with Crippen LogP contribution in [0.3, 0.4) is 0 Å². The summed E-state index contributed by atoms with van der Waals surface area (Å²) in [5.41, 5.74) is 8.82. The number of imidazole rings is 1. The highest BCUT2D eigenvalue weighted by Gasteiger charge is 2.23. The second kappa shape index (κ2) is 8.74. The average molecular weight is 466 g/mol. The van der Waals surface area contributed by atoms with Gasteiger partial charge < -0.3 is 15.2 Å². The van der Waals surface area contributed by atoms with E-state index >= 15 is 0 Å². The second-order valence-corrected chi connectivity index (χ2v) is 9.01. The summed E-state index contributed by atoms with van der Waals surface area (Å²) in [6.07, 6.45) is 3.18. The van der Waals surface area contributed by atoms with E-state index in [0.717, 1.165) is 22.6 Å². The molecule has 0 radical (unpaired) electrons. The maximum atomic E-state index is 13.5. The second-order valence-electron chi connectivity index (χ2n) is 7.89. The molecule has 0 unspecified atom stereocenters. The van der Waals surface area contributed by atoms with E-state index in [1.807, 2.05) is 4.90 Å². The lowest BCUT2D eigenvalue weighted by molar-refractivity contribution is -0.131. The van der Waals surface area contributed by atoms with E-state index in [-0.39, 0.29) is 24.1 Å². The van der Waals surface area contributed by atoms with Crippen molar-refractivity contribution in [2.45, 2.75) is 19.4 Å². The Labute approximate surface area is 193 Å². The molecule has 0 aliphatic carbocycles. The number of carbonyl (C=O) groups excluding carboxylic acids is 1. The van der Waals surface area contributed by atoms with E-state index < -0.39 is 0 Å². The van der Waals surface area contributed by atoms with Gasteiger partial charge in [0.2, 0.25) is 5.91 Å². The third-order valence-electron chi connectivity index (χ3n) is 5.70. The van der Waals surface area contributed by atoms with E-state index in [1.165, 1.54) is 35.6 Å². The van der Waals surface area contributed by atoms with Crippen LogP contribution in [0.1, 0.15) is 10.6 Å². The zero-order valence-corrected chi connectivity index (χ0v) is 18.5. The number of fused-ring (bicyclic) bond motifs is 1. The molecule has 5 rings (SSSR count). The van der Waals surface area contributed by atoms with Crippen LogP contribution in [0.2, 0.25) is 0 Å². The van der Waals surface area contributed by atoms with Crippen LogP contribution >= 0.6 is 11.3 Å². The summed E-state index contributed by atoms with van der Waals surface area (Å²) in [6, 6.07) is 12.0. The largest absolute Gasteiger partial charge is 0.375 e. The monoisotopic (exact) mass is 465 g/mol. The van der Waals surface area contributed by atoms with E-state index in [2.05, 4.69) is 9.97 Å². The molecule has 0 bridgehead atoms. The van der Waals surface area contributed by atoms with Crippen molar-refractivity contribution >= 4 is 22.4 Å². The minimum absolute atomic E-state index is 0.0375.